The van der Waals surface area contributed by atoms with E-state index in [-0.39, 0.29) is 17.9 Å². The Hall–Kier alpha value is -1.84. The lowest BCUT2D eigenvalue weighted by Crippen LogP contribution is -2.44. The maximum absolute atomic E-state index is 13.2. The first kappa shape index (κ1) is 19.5. The topological polar surface area (TPSA) is 44.7 Å². The Morgan fingerprint density at radius 3 is 2.61 bits per heavy atom. The number of unbranched alkanes of at least 4 members (excludes halogenated alkanes) is 1. The van der Waals surface area contributed by atoms with Crippen LogP contribution in [0.25, 0.3) is 0 Å². The third-order valence-electron chi connectivity index (χ3n) is 7.75. The minimum Gasteiger partial charge on any atom is -0.348 e. The SMILES string of the molecule is CCCCN1N=C(C(=O)N[C@H]2C[C@@H]3CC[C@H]2C3(C)C)C(C)C1c1ccccc1. The molecule has 152 valence electrons. The molecule has 4 heteroatoms. The second kappa shape index (κ2) is 7.53. The number of carbonyl (C=O) groups excluding carboxylic acids is 1. The Morgan fingerprint density at radius 2 is 2.00 bits per heavy atom. The number of nitrogens with one attached hydrogen (secondary N) is 1. The molecule has 2 saturated carbocycles. The molecule has 4 nitrogen and oxygen atoms in total. The number of hydrogen-bond donors (Lipinski definition) is 1. The van der Waals surface area contributed by atoms with Gasteiger partial charge in [-0.15, -0.1) is 0 Å². The predicted octanol–water partition coefficient (Wildman–Crippen LogP) is 4.78. The molecule has 1 aromatic carbocycles. The molecule has 2 bridgehead atoms. The van der Waals surface area contributed by atoms with Crippen molar-refractivity contribution in [2.45, 2.75) is 71.9 Å². The van der Waals surface area contributed by atoms with Crippen molar-refractivity contribution in [1.82, 2.24) is 10.3 Å². The Balaban J connectivity index is 1.51. The zero-order chi connectivity index (χ0) is 19.9. The first-order chi connectivity index (χ1) is 13.4. The van der Waals surface area contributed by atoms with Crippen molar-refractivity contribution in [3.05, 3.63) is 35.9 Å². The van der Waals surface area contributed by atoms with Gasteiger partial charge < -0.3 is 5.32 Å². The molecule has 1 heterocycles. The first-order valence-electron chi connectivity index (χ1n) is 11.1. The summed E-state index contributed by atoms with van der Waals surface area (Å²) in [7, 11) is 0. The van der Waals surface area contributed by atoms with Crippen molar-refractivity contribution in [3.63, 3.8) is 0 Å². The lowest BCUT2D eigenvalue weighted by molar-refractivity contribution is -0.116. The van der Waals surface area contributed by atoms with Gasteiger partial charge in [0.15, 0.2) is 0 Å². The molecule has 3 aliphatic rings. The smallest absolute Gasteiger partial charge is 0.268 e. The van der Waals surface area contributed by atoms with Crippen LogP contribution in [0.4, 0.5) is 0 Å². The van der Waals surface area contributed by atoms with Gasteiger partial charge in [0.1, 0.15) is 5.71 Å². The number of amides is 1. The lowest BCUT2D eigenvalue weighted by Gasteiger charge is -2.28. The zero-order valence-electron chi connectivity index (χ0n) is 17.8. The van der Waals surface area contributed by atoms with Gasteiger partial charge in [0.2, 0.25) is 0 Å². The monoisotopic (exact) mass is 381 g/mol. The van der Waals surface area contributed by atoms with E-state index in [1.807, 2.05) is 6.07 Å². The summed E-state index contributed by atoms with van der Waals surface area (Å²) < 4.78 is 0. The van der Waals surface area contributed by atoms with Gasteiger partial charge >= 0.3 is 0 Å². The van der Waals surface area contributed by atoms with E-state index in [1.165, 1.54) is 18.4 Å². The van der Waals surface area contributed by atoms with Gasteiger partial charge in [0.25, 0.3) is 5.91 Å². The summed E-state index contributed by atoms with van der Waals surface area (Å²) in [4.78, 5) is 13.2. The van der Waals surface area contributed by atoms with Crippen LogP contribution in [0.1, 0.15) is 71.4 Å². The molecule has 2 fully saturated rings. The van der Waals surface area contributed by atoms with Crippen LogP contribution in [0.2, 0.25) is 0 Å². The molecule has 5 atom stereocenters. The molecule has 2 unspecified atom stereocenters. The third-order valence-corrected chi connectivity index (χ3v) is 7.75. The molecule has 4 rings (SSSR count). The molecule has 1 N–H and O–H groups in total. The maximum Gasteiger partial charge on any atom is 0.268 e. The highest BCUT2D eigenvalue weighted by Crippen LogP contribution is 2.57. The third kappa shape index (κ3) is 3.25. The van der Waals surface area contributed by atoms with Gasteiger partial charge in [-0.2, -0.15) is 5.10 Å². The van der Waals surface area contributed by atoms with Crippen LogP contribution in [0.15, 0.2) is 35.4 Å². The average molecular weight is 382 g/mol. The molecule has 2 aliphatic carbocycles. The molecule has 0 saturated heterocycles. The number of fused-ring (bicyclic) bond motifs is 2. The second-order valence-electron chi connectivity index (χ2n) is 9.66. The zero-order valence-corrected chi connectivity index (χ0v) is 17.8. The van der Waals surface area contributed by atoms with Crippen molar-refractivity contribution in [2.75, 3.05) is 6.54 Å². The van der Waals surface area contributed by atoms with Crippen LogP contribution in [-0.4, -0.2) is 29.2 Å². The van der Waals surface area contributed by atoms with Crippen molar-refractivity contribution < 1.29 is 4.79 Å². The second-order valence-corrected chi connectivity index (χ2v) is 9.66. The van der Waals surface area contributed by atoms with Gasteiger partial charge in [-0.25, -0.2) is 0 Å². The molecule has 0 aromatic heterocycles. The number of benzene rings is 1. The van der Waals surface area contributed by atoms with Crippen LogP contribution in [0.3, 0.4) is 0 Å². The Morgan fingerprint density at radius 1 is 1.25 bits per heavy atom. The highest BCUT2D eigenvalue weighted by Gasteiger charge is 2.54. The van der Waals surface area contributed by atoms with E-state index < -0.39 is 0 Å². The van der Waals surface area contributed by atoms with E-state index in [0.717, 1.165) is 31.7 Å². The largest absolute Gasteiger partial charge is 0.348 e. The summed E-state index contributed by atoms with van der Waals surface area (Å²) in [6.07, 6.45) is 5.92. The van der Waals surface area contributed by atoms with Crippen LogP contribution >= 0.6 is 0 Å². The first-order valence-corrected chi connectivity index (χ1v) is 11.1. The van der Waals surface area contributed by atoms with Gasteiger partial charge in [-0.3, -0.25) is 9.80 Å². The highest BCUT2D eigenvalue weighted by molar-refractivity contribution is 6.40. The Bertz CT molecular complexity index is 741. The number of rotatable bonds is 6. The Labute approximate surface area is 169 Å². The lowest BCUT2D eigenvalue weighted by atomic mass is 9.81. The van der Waals surface area contributed by atoms with Crippen LogP contribution in [-0.2, 0) is 4.79 Å². The van der Waals surface area contributed by atoms with Crippen molar-refractivity contribution in [2.24, 2.45) is 28.3 Å². The number of carbonyl (C=O) groups is 1. The molecule has 1 amide bonds. The summed E-state index contributed by atoms with van der Waals surface area (Å²) in [6, 6.07) is 11.0. The minimum absolute atomic E-state index is 0.0563. The summed E-state index contributed by atoms with van der Waals surface area (Å²) >= 11 is 0. The van der Waals surface area contributed by atoms with Gasteiger partial charge in [0, 0.05) is 18.5 Å². The predicted molar refractivity (Wildman–Crippen MR) is 114 cm³/mol. The molecule has 28 heavy (non-hydrogen) atoms. The molecule has 0 spiro atoms. The van der Waals surface area contributed by atoms with Crippen molar-refractivity contribution >= 4 is 11.6 Å². The summed E-state index contributed by atoms with van der Waals surface area (Å²) in [5.41, 5.74) is 2.32. The van der Waals surface area contributed by atoms with Gasteiger partial charge in [0.05, 0.1) is 6.04 Å². The van der Waals surface area contributed by atoms with Crippen molar-refractivity contribution in [3.8, 4) is 0 Å². The number of hydrogen-bond acceptors (Lipinski definition) is 3. The summed E-state index contributed by atoms with van der Waals surface area (Å²) in [5.74, 6) is 1.52. The van der Waals surface area contributed by atoms with Gasteiger partial charge in [-0.1, -0.05) is 64.4 Å². The standard InChI is InChI=1S/C24H35N3O/c1-5-6-14-27-22(17-10-8-7-9-11-17)16(2)21(26-27)23(28)25-20-15-18-12-13-19(20)24(18,3)4/h7-11,16,18-20,22H,5-6,12-15H2,1-4H3,(H,25,28)/t16?,18-,19+,20-,22?/m0/s1. The van der Waals surface area contributed by atoms with E-state index in [2.05, 4.69) is 62.3 Å². The van der Waals surface area contributed by atoms with Crippen LogP contribution in [0, 0.1) is 23.2 Å². The van der Waals surface area contributed by atoms with Crippen molar-refractivity contribution in [1.29, 1.82) is 0 Å². The summed E-state index contributed by atoms with van der Waals surface area (Å²) in [5, 5.41) is 10.4. The van der Waals surface area contributed by atoms with E-state index in [0.29, 0.717) is 23.1 Å². The average Bonchev–Trinajstić information content (AvgIpc) is 3.25. The fourth-order valence-corrected chi connectivity index (χ4v) is 6.01. The minimum atomic E-state index is 0.0563. The fourth-order valence-electron chi connectivity index (χ4n) is 6.01. The fraction of sp³-hybridized carbons (Fsp3) is 0.667. The molecule has 1 aromatic rings. The molecular formula is C24H35N3O. The molecule has 0 radical (unpaired) electrons. The Kier molecular flexibility index (Phi) is 5.24. The van der Waals surface area contributed by atoms with E-state index in [9.17, 15) is 4.79 Å². The van der Waals surface area contributed by atoms with E-state index >= 15 is 0 Å². The van der Waals surface area contributed by atoms with Crippen LogP contribution < -0.4 is 5.32 Å². The summed E-state index contributed by atoms with van der Waals surface area (Å²) in [6.45, 7) is 10.0. The van der Waals surface area contributed by atoms with E-state index in [1.54, 1.807) is 0 Å². The normalized spacial score (nSPS) is 33.2. The number of nitrogens with zero attached hydrogens (tertiary/aromatic N) is 2. The molecule has 1 aliphatic heterocycles. The maximum atomic E-state index is 13.2. The molecular weight excluding hydrogens is 346 g/mol. The van der Waals surface area contributed by atoms with Crippen LogP contribution in [0.5, 0.6) is 0 Å². The van der Waals surface area contributed by atoms with E-state index in [4.69, 9.17) is 5.10 Å². The quantitative estimate of drug-likeness (QED) is 0.771. The highest BCUT2D eigenvalue weighted by atomic mass is 16.2. The number of hydrazone groups is 1. The van der Waals surface area contributed by atoms with Gasteiger partial charge in [-0.05, 0) is 48.5 Å².